The van der Waals surface area contributed by atoms with Crippen LogP contribution in [0.15, 0.2) is 6.20 Å². The Morgan fingerprint density at radius 3 is 2.46 bits per heavy atom. The van der Waals surface area contributed by atoms with E-state index < -0.39 is 0 Å². The van der Waals surface area contributed by atoms with Crippen LogP contribution in [0.5, 0.6) is 0 Å². The largest absolute Gasteiger partial charge is 0.375 e. The minimum absolute atomic E-state index is 0.0304. The number of nitrogens with zero attached hydrogens (tertiary/aromatic N) is 3. The summed E-state index contributed by atoms with van der Waals surface area (Å²) in [7, 11) is 1.54. The van der Waals surface area contributed by atoms with Gasteiger partial charge in [-0.15, -0.1) is 0 Å². The van der Waals surface area contributed by atoms with E-state index in [2.05, 4.69) is 24.0 Å². The summed E-state index contributed by atoms with van der Waals surface area (Å²) in [6.45, 7) is 5.77. The maximum absolute atomic E-state index is 13.2. The van der Waals surface area contributed by atoms with Crippen LogP contribution in [-0.4, -0.2) is 70.7 Å². The third-order valence-corrected chi connectivity index (χ3v) is 5.85. The molecule has 26 heavy (non-hydrogen) atoms. The number of ether oxygens (including phenoxy) is 1. The highest BCUT2D eigenvalue weighted by molar-refractivity contribution is 5.95. The molecule has 0 aromatic carbocycles. The average molecular weight is 362 g/mol. The third kappa shape index (κ3) is 3.77. The molecule has 7 heteroatoms. The standard InChI is InChI=1S/C19H30N4O3/c1-13-5-4-6-14(2)23(13)19(25)16-11-20-21-18(16)15-7-9-22(10-8-15)17(24)12-26-3/h11,13-15H,4-10,12H2,1-3H3,(H,20,21)/t13-,14-/m1/s1. The van der Waals surface area contributed by atoms with Crippen molar-refractivity contribution >= 4 is 11.8 Å². The van der Waals surface area contributed by atoms with E-state index in [4.69, 9.17) is 4.74 Å². The van der Waals surface area contributed by atoms with Crippen LogP contribution in [0.3, 0.4) is 0 Å². The van der Waals surface area contributed by atoms with Gasteiger partial charge in [0.05, 0.1) is 17.5 Å². The molecule has 1 aromatic heterocycles. The van der Waals surface area contributed by atoms with Gasteiger partial charge >= 0.3 is 0 Å². The highest BCUT2D eigenvalue weighted by Crippen LogP contribution is 2.31. The van der Waals surface area contributed by atoms with Crippen LogP contribution in [0, 0.1) is 0 Å². The van der Waals surface area contributed by atoms with Crippen LogP contribution in [0.4, 0.5) is 0 Å². The van der Waals surface area contributed by atoms with Crippen molar-refractivity contribution in [1.82, 2.24) is 20.0 Å². The molecule has 0 saturated carbocycles. The number of nitrogens with one attached hydrogen (secondary N) is 1. The van der Waals surface area contributed by atoms with Gasteiger partial charge in [0, 0.05) is 38.2 Å². The van der Waals surface area contributed by atoms with Crippen LogP contribution in [0.25, 0.3) is 0 Å². The van der Waals surface area contributed by atoms with E-state index in [0.29, 0.717) is 18.7 Å². The summed E-state index contributed by atoms with van der Waals surface area (Å²) in [6, 6.07) is 0.532. The number of likely N-dealkylation sites (tertiary alicyclic amines) is 2. The summed E-state index contributed by atoms with van der Waals surface area (Å²) in [5.41, 5.74) is 1.63. The number of piperidine rings is 2. The average Bonchev–Trinajstić information content (AvgIpc) is 3.11. The predicted molar refractivity (Wildman–Crippen MR) is 98.0 cm³/mol. The van der Waals surface area contributed by atoms with Gasteiger partial charge in [0.2, 0.25) is 5.91 Å². The van der Waals surface area contributed by atoms with E-state index in [1.807, 2.05) is 9.80 Å². The lowest BCUT2D eigenvalue weighted by molar-refractivity contribution is -0.136. The molecule has 2 fully saturated rings. The highest BCUT2D eigenvalue weighted by atomic mass is 16.5. The van der Waals surface area contributed by atoms with E-state index in [1.165, 1.54) is 13.5 Å². The summed E-state index contributed by atoms with van der Waals surface area (Å²) < 4.78 is 4.94. The van der Waals surface area contributed by atoms with Crippen molar-refractivity contribution in [2.24, 2.45) is 0 Å². The molecule has 144 valence electrons. The van der Waals surface area contributed by atoms with Crippen molar-refractivity contribution in [3.05, 3.63) is 17.5 Å². The molecule has 0 spiro atoms. The Hall–Kier alpha value is -1.89. The first-order chi connectivity index (χ1) is 12.5. The number of aromatic amines is 1. The third-order valence-electron chi connectivity index (χ3n) is 5.85. The van der Waals surface area contributed by atoms with Crippen LogP contribution in [-0.2, 0) is 9.53 Å². The monoisotopic (exact) mass is 362 g/mol. The summed E-state index contributed by atoms with van der Waals surface area (Å²) in [5.74, 6) is 0.354. The molecular weight excluding hydrogens is 332 g/mol. The lowest BCUT2D eigenvalue weighted by Gasteiger charge is -2.39. The number of carbonyl (C=O) groups is 2. The summed E-state index contributed by atoms with van der Waals surface area (Å²) in [4.78, 5) is 29.0. The number of amides is 2. The molecule has 2 saturated heterocycles. The summed E-state index contributed by atoms with van der Waals surface area (Å²) in [6.07, 6.45) is 6.64. The van der Waals surface area contributed by atoms with E-state index in [9.17, 15) is 9.59 Å². The minimum Gasteiger partial charge on any atom is -0.375 e. The van der Waals surface area contributed by atoms with Gasteiger partial charge in [0.15, 0.2) is 0 Å². The van der Waals surface area contributed by atoms with Crippen molar-refractivity contribution in [3.8, 4) is 0 Å². The lowest BCUT2D eigenvalue weighted by atomic mass is 9.90. The molecule has 0 bridgehead atoms. The molecule has 0 aliphatic carbocycles. The lowest BCUT2D eigenvalue weighted by Crippen LogP contribution is -2.47. The number of methoxy groups -OCH3 is 1. The topological polar surface area (TPSA) is 78.5 Å². The fourth-order valence-electron chi connectivity index (χ4n) is 4.37. The number of carbonyl (C=O) groups excluding carboxylic acids is 2. The molecular formula is C19H30N4O3. The zero-order valence-corrected chi connectivity index (χ0v) is 16.0. The Balaban J connectivity index is 1.69. The number of rotatable bonds is 4. The number of hydrogen-bond acceptors (Lipinski definition) is 4. The predicted octanol–water partition coefficient (Wildman–Crippen LogP) is 2.17. The van der Waals surface area contributed by atoms with Crippen molar-refractivity contribution in [3.63, 3.8) is 0 Å². The highest BCUT2D eigenvalue weighted by Gasteiger charge is 2.34. The first-order valence-electron chi connectivity index (χ1n) is 9.65. The molecule has 1 aromatic rings. The Kier molecular flexibility index (Phi) is 5.96. The molecule has 2 aliphatic rings. The smallest absolute Gasteiger partial charge is 0.257 e. The maximum atomic E-state index is 13.2. The van der Waals surface area contributed by atoms with Crippen molar-refractivity contribution < 1.29 is 14.3 Å². The number of aromatic nitrogens is 2. The van der Waals surface area contributed by atoms with Gasteiger partial charge in [-0.3, -0.25) is 14.7 Å². The van der Waals surface area contributed by atoms with E-state index in [-0.39, 0.29) is 36.4 Å². The van der Waals surface area contributed by atoms with Crippen molar-refractivity contribution in [2.75, 3.05) is 26.8 Å². The molecule has 3 heterocycles. The number of H-pyrrole nitrogens is 1. The second kappa shape index (κ2) is 8.20. The fourth-order valence-corrected chi connectivity index (χ4v) is 4.37. The molecule has 0 radical (unpaired) electrons. The van der Waals surface area contributed by atoms with Gasteiger partial charge in [-0.25, -0.2) is 0 Å². The molecule has 1 N–H and O–H groups in total. The van der Waals surface area contributed by atoms with Crippen LogP contribution >= 0.6 is 0 Å². The molecule has 2 amide bonds. The Labute approximate surface area is 155 Å². The zero-order valence-electron chi connectivity index (χ0n) is 16.0. The normalized spacial score (nSPS) is 24.7. The number of hydrogen-bond donors (Lipinski definition) is 1. The summed E-state index contributed by atoms with van der Waals surface area (Å²) in [5, 5.41) is 7.24. The second-order valence-corrected chi connectivity index (χ2v) is 7.63. The first kappa shape index (κ1) is 18.9. The van der Waals surface area contributed by atoms with Gasteiger partial charge < -0.3 is 14.5 Å². The Morgan fingerprint density at radius 1 is 1.19 bits per heavy atom. The molecule has 3 rings (SSSR count). The van der Waals surface area contributed by atoms with Gasteiger partial charge in [-0.05, 0) is 46.0 Å². The molecule has 0 unspecified atom stereocenters. The molecule has 7 nitrogen and oxygen atoms in total. The molecule has 2 aliphatic heterocycles. The van der Waals surface area contributed by atoms with E-state index >= 15 is 0 Å². The SMILES string of the molecule is COCC(=O)N1CCC(c2[nH]ncc2C(=O)N2[C@H](C)CCC[C@H]2C)CC1. The second-order valence-electron chi connectivity index (χ2n) is 7.63. The maximum Gasteiger partial charge on any atom is 0.257 e. The Morgan fingerprint density at radius 2 is 1.85 bits per heavy atom. The van der Waals surface area contributed by atoms with Gasteiger partial charge in [0.25, 0.3) is 5.91 Å². The fraction of sp³-hybridized carbons (Fsp3) is 0.737. The molecule has 2 atom stereocenters. The quantitative estimate of drug-likeness (QED) is 0.890. The van der Waals surface area contributed by atoms with E-state index in [1.54, 1.807) is 6.20 Å². The minimum atomic E-state index is 0.0304. The van der Waals surface area contributed by atoms with Gasteiger partial charge in [-0.1, -0.05) is 0 Å². The van der Waals surface area contributed by atoms with Gasteiger partial charge in [-0.2, -0.15) is 5.10 Å². The van der Waals surface area contributed by atoms with Crippen molar-refractivity contribution in [2.45, 2.75) is 64.0 Å². The Bertz CT molecular complexity index is 626. The van der Waals surface area contributed by atoms with Crippen LogP contribution in [0.2, 0.25) is 0 Å². The van der Waals surface area contributed by atoms with E-state index in [0.717, 1.165) is 31.4 Å². The van der Waals surface area contributed by atoms with Crippen molar-refractivity contribution in [1.29, 1.82) is 0 Å². The zero-order chi connectivity index (χ0) is 18.7. The van der Waals surface area contributed by atoms with Crippen LogP contribution < -0.4 is 0 Å². The summed E-state index contributed by atoms with van der Waals surface area (Å²) >= 11 is 0. The van der Waals surface area contributed by atoms with Gasteiger partial charge in [0.1, 0.15) is 6.61 Å². The first-order valence-corrected chi connectivity index (χ1v) is 9.65. The van der Waals surface area contributed by atoms with Crippen LogP contribution in [0.1, 0.15) is 67.9 Å².